The van der Waals surface area contributed by atoms with Crippen LogP contribution in [0.25, 0.3) is 22.2 Å². The minimum Gasteiger partial charge on any atom is -0.370 e. The van der Waals surface area contributed by atoms with E-state index in [0.717, 1.165) is 48.2 Å². The number of nitrogens with zero attached hydrogens (tertiary/aromatic N) is 2. The van der Waals surface area contributed by atoms with Crippen molar-refractivity contribution in [3.05, 3.63) is 45.3 Å². The summed E-state index contributed by atoms with van der Waals surface area (Å²) in [7, 11) is 0. The van der Waals surface area contributed by atoms with Crippen LogP contribution in [0.15, 0.2) is 33.6 Å². The molecule has 0 spiro atoms. The van der Waals surface area contributed by atoms with Gasteiger partial charge in [0.15, 0.2) is 5.76 Å². The first-order valence-electron chi connectivity index (χ1n) is 8.88. The summed E-state index contributed by atoms with van der Waals surface area (Å²) in [6.45, 7) is 8.20. The molecular weight excluding hydrogens is 350 g/mol. The highest BCUT2D eigenvalue weighted by atomic mass is 35.5. The average molecular weight is 372 g/mol. The van der Waals surface area contributed by atoms with Crippen LogP contribution in [0.4, 0.5) is 5.69 Å². The number of rotatable bonds is 2. The van der Waals surface area contributed by atoms with Gasteiger partial charge >= 0.3 is 0 Å². The van der Waals surface area contributed by atoms with Gasteiger partial charge in [0.05, 0.1) is 16.9 Å². The van der Waals surface area contributed by atoms with Crippen LogP contribution in [-0.2, 0) is 0 Å². The van der Waals surface area contributed by atoms with E-state index in [0.29, 0.717) is 21.8 Å². The molecule has 4 rings (SSSR count). The Balaban J connectivity index is 1.97. The van der Waals surface area contributed by atoms with Crippen molar-refractivity contribution in [2.45, 2.75) is 33.6 Å². The summed E-state index contributed by atoms with van der Waals surface area (Å²) >= 11 is 6.27. The van der Waals surface area contributed by atoms with Crippen LogP contribution >= 0.6 is 11.6 Å². The van der Waals surface area contributed by atoms with E-state index in [1.54, 1.807) is 12.1 Å². The molecule has 0 radical (unpaired) electrons. The van der Waals surface area contributed by atoms with Crippen LogP contribution in [0.3, 0.4) is 0 Å². The molecule has 1 N–H and O–H groups in total. The van der Waals surface area contributed by atoms with Gasteiger partial charge in [-0.15, -0.1) is 0 Å². The zero-order valence-corrected chi connectivity index (χ0v) is 16.0. The van der Waals surface area contributed by atoms with E-state index in [1.165, 1.54) is 0 Å². The van der Waals surface area contributed by atoms with Gasteiger partial charge in [0.25, 0.3) is 5.56 Å². The maximum absolute atomic E-state index is 12.9. The molecule has 2 aromatic heterocycles. The standard InChI is InChI=1S/C20H22ClN3O2/c1-12-10-16(26-23-12)17-18(24-8-6-20(2,3)7-9-24)14-11-13(21)4-5-15(14)22-19(17)25/h4-5,10-11H,6-9H2,1-3H3,(H,22,25). The van der Waals surface area contributed by atoms with Crippen LogP contribution in [0, 0.1) is 12.3 Å². The third kappa shape index (κ3) is 3.01. The molecule has 0 unspecified atom stereocenters. The smallest absolute Gasteiger partial charge is 0.261 e. The maximum atomic E-state index is 12.9. The number of anilines is 1. The van der Waals surface area contributed by atoms with E-state index in [4.69, 9.17) is 16.1 Å². The van der Waals surface area contributed by atoms with E-state index in [1.807, 2.05) is 19.1 Å². The zero-order valence-electron chi connectivity index (χ0n) is 15.2. The molecule has 1 aliphatic rings. The lowest BCUT2D eigenvalue weighted by molar-refractivity contribution is 0.280. The average Bonchev–Trinajstić information content (AvgIpc) is 3.00. The highest BCUT2D eigenvalue weighted by molar-refractivity contribution is 6.31. The third-order valence-electron chi connectivity index (χ3n) is 5.26. The zero-order chi connectivity index (χ0) is 18.5. The highest BCUT2D eigenvalue weighted by Crippen LogP contribution is 2.39. The topological polar surface area (TPSA) is 62.1 Å². The van der Waals surface area contributed by atoms with Gasteiger partial charge in [-0.05, 0) is 43.4 Å². The summed E-state index contributed by atoms with van der Waals surface area (Å²) in [5.41, 5.74) is 3.08. The van der Waals surface area contributed by atoms with Gasteiger partial charge in [-0.25, -0.2) is 0 Å². The van der Waals surface area contributed by atoms with Crippen LogP contribution in [0.5, 0.6) is 0 Å². The van der Waals surface area contributed by atoms with Gasteiger partial charge in [0.2, 0.25) is 0 Å². The molecule has 136 valence electrons. The number of piperidine rings is 1. The third-order valence-corrected chi connectivity index (χ3v) is 5.49. The van der Waals surface area contributed by atoms with Crippen LogP contribution in [0.1, 0.15) is 32.4 Å². The summed E-state index contributed by atoms with van der Waals surface area (Å²) in [6, 6.07) is 7.36. The number of H-pyrrole nitrogens is 1. The van der Waals surface area contributed by atoms with Crippen molar-refractivity contribution in [1.29, 1.82) is 0 Å². The fourth-order valence-electron chi connectivity index (χ4n) is 3.62. The predicted octanol–water partition coefficient (Wildman–Crippen LogP) is 4.77. The van der Waals surface area contributed by atoms with Crippen molar-refractivity contribution in [3.8, 4) is 11.3 Å². The molecule has 1 aliphatic heterocycles. The minimum absolute atomic E-state index is 0.171. The first-order valence-corrected chi connectivity index (χ1v) is 9.26. The fourth-order valence-corrected chi connectivity index (χ4v) is 3.79. The quantitative estimate of drug-likeness (QED) is 0.704. The Morgan fingerprint density at radius 2 is 1.96 bits per heavy atom. The van der Waals surface area contributed by atoms with E-state index in [2.05, 4.69) is 28.9 Å². The number of fused-ring (bicyclic) bond motifs is 1. The molecular formula is C20H22ClN3O2. The number of aryl methyl sites for hydroxylation is 1. The summed E-state index contributed by atoms with van der Waals surface area (Å²) in [5, 5.41) is 5.54. The largest absolute Gasteiger partial charge is 0.370 e. The van der Waals surface area contributed by atoms with Gasteiger partial charge in [-0.3, -0.25) is 4.79 Å². The van der Waals surface area contributed by atoms with Gasteiger partial charge in [-0.2, -0.15) is 0 Å². The first-order chi connectivity index (χ1) is 12.3. The molecule has 0 atom stereocenters. The van der Waals surface area contributed by atoms with Crippen molar-refractivity contribution in [2.24, 2.45) is 5.41 Å². The first kappa shape index (κ1) is 17.2. The lowest BCUT2D eigenvalue weighted by Gasteiger charge is -2.39. The molecule has 3 heterocycles. The summed E-state index contributed by atoms with van der Waals surface area (Å²) in [4.78, 5) is 18.2. The lowest BCUT2D eigenvalue weighted by Crippen LogP contribution is -2.38. The molecule has 1 saturated heterocycles. The number of halogens is 1. The van der Waals surface area contributed by atoms with Crippen molar-refractivity contribution in [1.82, 2.24) is 10.1 Å². The molecule has 3 aromatic rings. The second-order valence-corrected chi connectivity index (χ2v) is 8.29. The SMILES string of the molecule is Cc1cc(-c2c(N3CCC(C)(C)CC3)c3cc(Cl)ccc3[nH]c2=O)on1. The van der Waals surface area contributed by atoms with Crippen molar-refractivity contribution < 1.29 is 4.52 Å². The number of aromatic amines is 1. The molecule has 0 bridgehead atoms. The van der Waals surface area contributed by atoms with Crippen LogP contribution in [0.2, 0.25) is 5.02 Å². The maximum Gasteiger partial charge on any atom is 0.261 e. The Bertz CT molecular complexity index is 1030. The molecule has 5 nitrogen and oxygen atoms in total. The van der Waals surface area contributed by atoms with Gasteiger partial charge < -0.3 is 14.4 Å². The second-order valence-electron chi connectivity index (χ2n) is 7.85. The molecule has 6 heteroatoms. The van der Waals surface area contributed by atoms with E-state index < -0.39 is 0 Å². The van der Waals surface area contributed by atoms with E-state index in [9.17, 15) is 4.79 Å². The van der Waals surface area contributed by atoms with Crippen molar-refractivity contribution in [2.75, 3.05) is 18.0 Å². The van der Waals surface area contributed by atoms with Crippen LogP contribution < -0.4 is 10.5 Å². The normalized spacial score (nSPS) is 17.0. The Kier molecular flexibility index (Phi) is 4.07. The molecule has 1 fully saturated rings. The number of hydrogen-bond acceptors (Lipinski definition) is 4. The highest BCUT2D eigenvalue weighted by Gasteiger charge is 2.29. The molecule has 0 amide bonds. The van der Waals surface area contributed by atoms with E-state index in [-0.39, 0.29) is 5.56 Å². The monoisotopic (exact) mass is 371 g/mol. The van der Waals surface area contributed by atoms with Crippen molar-refractivity contribution >= 4 is 28.2 Å². The van der Waals surface area contributed by atoms with E-state index >= 15 is 0 Å². The fraction of sp³-hybridized carbons (Fsp3) is 0.400. The Morgan fingerprint density at radius 3 is 2.62 bits per heavy atom. The predicted molar refractivity (Wildman–Crippen MR) is 105 cm³/mol. The lowest BCUT2D eigenvalue weighted by atomic mass is 9.82. The molecule has 0 saturated carbocycles. The Morgan fingerprint density at radius 1 is 1.23 bits per heavy atom. The summed E-state index contributed by atoms with van der Waals surface area (Å²) < 4.78 is 5.45. The molecule has 0 aliphatic carbocycles. The second kappa shape index (κ2) is 6.16. The van der Waals surface area contributed by atoms with Gasteiger partial charge in [-0.1, -0.05) is 30.6 Å². The Hall–Kier alpha value is -2.27. The number of nitrogens with one attached hydrogen (secondary N) is 1. The number of benzene rings is 1. The van der Waals surface area contributed by atoms with Crippen LogP contribution in [-0.4, -0.2) is 23.2 Å². The summed E-state index contributed by atoms with van der Waals surface area (Å²) in [5.74, 6) is 0.491. The number of pyridine rings is 1. The van der Waals surface area contributed by atoms with Gasteiger partial charge in [0, 0.05) is 29.6 Å². The van der Waals surface area contributed by atoms with Crippen molar-refractivity contribution in [3.63, 3.8) is 0 Å². The molecule has 26 heavy (non-hydrogen) atoms. The Labute approximate surface area is 156 Å². The summed E-state index contributed by atoms with van der Waals surface area (Å²) in [6.07, 6.45) is 2.13. The molecule has 1 aromatic carbocycles. The number of aromatic nitrogens is 2. The number of hydrogen-bond donors (Lipinski definition) is 1. The van der Waals surface area contributed by atoms with Gasteiger partial charge in [0.1, 0.15) is 5.56 Å². The minimum atomic E-state index is -0.171.